The van der Waals surface area contributed by atoms with Crippen LogP contribution in [0.2, 0.25) is 0 Å². The summed E-state index contributed by atoms with van der Waals surface area (Å²) >= 11 is 0. The molecule has 0 spiro atoms. The highest BCUT2D eigenvalue weighted by Crippen LogP contribution is 1.82. The zero-order chi connectivity index (χ0) is 23.1. The largest absolute Gasteiger partial charge is 0.469 e. The van der Waals surface area contributed by atoms with Crippen molar-refractivity contribution in [1.29, 1.82) is 0 Å². The topological polar surface area (TPSA) is 146 Å². The fourth-order valence-corrected chi connectivity index (χ4v) is 0.765. The fraction of sp³-hybridized carbons (Fsp3) is 0.778. The molecule has 0 amide bonds. The van der Waals surface area contributed by atoms with Crippen molar-refractivity contribution in [2.45, 2.75) is 66.6 Å². The van der Waals surface area contributed by atoms with E-state index < -0.39 is 12.2 Å². The van der Waals surface area contributed by atoms with Crippen molar-refractivity contribution >= 4 is 23.9 Å². The first kappa shape index (κ1) is 33.4. The number of methoxy groups -OCH3 is 2. The van der Waals surface area contributed by atoms with E-state index in [0.29, 0.717) is 12.8 Å². The second kappa shape index (κ2) is 24.8. The third-order valence-corrected chi connectivity index (χ3v) is 2.09. The quantitative estimate of drug-likeness (QED) is 0.478. The number of hydrogen-bond acceptors (Lipinski definition) is 10. The highest BCUT2D eigenvalue weighted by Gasteiger charge is 1.96. The highest BCUT2D eigenvalue weighted by molar-refractivity contribution is 5.68. The first-order valence-electron chi connectivity index (χ1n) is 8.64. The molecule has 0 aliphatic rings. The smallest absolute Gasteiger partial charge is 0.305 e. The third kappa shape index (κ3) is 49.6. The van der Waals surface area contributed by atoms with E-state index in [4.69, 9.17) is 10.2 Å². The summed E-state index contributed by atoms with van der Waals surface area (Å²) in [5.41, 5.74) is 0. The van der Waals surface area contributed by atoms with Crippen LogP contribution in [0.1, 0.15) is 54.4 Å². The van der Waals surface area contributed by atoms with E-state index in [1.54, 1.807) is 27.7 Å². The molecule has 28 heavy (non-hydrogen) atoms. The van der Waals surface area contributed by atoms with E-state index in [1.807, 2.05) is 0 Å². The van der Waals surface area contributed by atoms with Crippen LogP contribution in [-0.2, 0) is 38.1 Å². The molecule has 2 unspecified atom stereocenters. The Morgan fingerprint density at radius 2 is 0.964 bits per heavy atom. The predicted molar refractivity (Wildman–Crippen MR) is 101 cm³/mol. The molecule has 0 radical (unpaired) electrons. The molecule has 2 N–H and O–H groups in total. The van der Waals surface area contributed by atoms with E-state index >= 15 is 0 Å². The number of hydrogen-bond donors (Lipinski definition) is 2. The molecule has 0 aromatic rings. The minimum absolute atomic E-state index is 0.0926. The molecule has 2 atom stereocenters. The number of esters is 4. The van der Waals surface area contributed by atoms with Gasteiger partial charge in [0.05, 0.1) is 26.4 Å². The van der Waals surface area contributed by atoms with Gasteiger partial charge in [0, 0.05) is 26.7 Å². The SMILES string of the molecule is CC(=O)OCC(C)O.CC(=O)OCC(C)O.CCC(=O)OC.CCC(=O)OC. The number of carbonyl (C=O) groups excluding carboxylic acids is 4. The van der Waals surface area contributed by atoms with Crippen LogP contribution in [0.15, 0.2) is 0 Å². The summed E-state index contributed by atoms with van der Waals surface area (Å²) < 4.78 is 17.3. The second-order valence-corrected chi connectivity index (χ2v) is 5.16. The number of rotatable bonds is 6. The second-order valence-electron chi connectivity index (χ2n) is 5.16. The molecule has 0 aliphatic heterocycles. The Morgan fingerprint density at radius 3 is 1.00 bits per heavy atom. The average Bonchev–Trinajstić information content (AvgIpc) is 2.64. The van der Waals surface area contributed by atoms with E-state index in [1.165, 1.54) is 28.1 Å². The zero-order valence-electron chi connectivity index (χ0n) is 18.1. The Kier molecular flexibility index (Phi) is 29.6. The van der Waals surface area contributed by atoms with Gasteiger partial charge in [0.15, 0.2) is 0 Å². The van der Waals surface area contributed by atoms with Gasteiger partial charge in [0.25, 0.3) is 0 Å². The molecule has 10 heteroatoms. The summed E-state index contributed by atoms with van der Waals surface area (Å²) in [6.45, 7) is 9.43. The molecule has 0 heterocycles. The molecule has 0 saturated heterocycles. The van der Waals surface area contributed by atoms with Crippen LogP contribution in [0, 0.1) is 0 Å². The fourth-order valence-electron chi connectivity index (χ4n) is 0.765. The van der Waals surface area contributed by atoms with Crippen molar-refractivity contribution in [2.24, 2.45) is 0 Å². The summed E-state index contributed by atoms with van der Waals surface area (Å²) in [4.78, 5) is 39.9. The lowest BCUT2D eigenvalue weighted by molar-refractivity contribution is -0.144. The van der Waals surface area contributed by atoms with Crippen LogP contribution in [0.5, 0.6) is 0 Å². The molecule has 0 aliphatic carbocycles. The number of carbonyl (C=O) groups is 4. The minimum atomic E-state index is -0.557. The third-order valence-electron chi connectivity index (χ3n) is 2.09. The van der Waals surface area contributed by atoms with Crippen molar-refractivity contribution in [3.8, 4) is 0 Å². The Morgan fingerprint density at radius 1 is 0.714 bits per heavy atom. The number of aliphatic hydroxyl groups is 2. The van der Waals surface area contributed by atoms with Crippen LogP contribution in [0.3, 0.4) is 0 Å². The zero-order valence-corrected chi connectivity index (χ0v) is 18.1. The van der Waals surface area contributed by atoms with Crippen LogP contribution in [0.4, 0.5) is 0 Å². The van der Waals surface area contributed by atoms with Gasteiger partial charge in [-0.25, -0.2) is 0 Å². The molecule has 168 valence electrons. The Balaban J connectivity index is -0.000000139. The lowest BCUT2D eigenvalue weighted by Crippen LogP contribution is -2.12. The normalized spacial score (nSPS) is 10.6. The Bertz CT molecular complexity index is 355. The van der Waals surface area contributed by atoms with Gasteiger partial charge in [-0.1, -0.05) is 13.8 Å². The van der Waals surface area contributed by atoms with Crippen molar-refractivity contribution in [2.75, 3.05) is 27.4 Å². The summed E-state index contributed by atoms with van der Waals surface area (Å²) in [7, 11) is 2.76. The van der Waals surface area contributed by atoms with Gasteiger partial charge in [-0.15, -0.1) is 0 Å². The van der Waals surface area contributed by atoms with Crippen molar-refractivity contribution in [3.05, 3.63) is 0 Å². The van der Waals surface area contributed by atoms with Gasteiger partial charge in [-0.3, -0.25) is 19.2 Å². The molecular weight excluding hydrogens is 376 g/mol. The maximum absolute atomic E-state index is 10.0. The van der Waals surface area contributed by atoms with Crippen LogP contribution < -0.4 is 0 Å². The summed E-state index contributed by atoms with van der Waals surface area (Å²) in [5.74, 6) is -1.03. The van der Waals surface area contributed by atoms with Gasteiger partial charge in [-0.2, -0.15) is 0 Å². The van der Waals surface area contributed by atoms with Gasteiger partial charge >= 0.3 is 23.9 Å². The van der Waals surface area contributed by atoms with E-state index in [2.05, 4.69) is 18.9 Å². The predicted octanol–water partition coefficient (Wildman–Crippen LogP) is 0.999. The molecule has 0 bridgehead atoms. The van der Waals surface area contributed by atoms with Crippen molar-refractivity contribution in [3.63, 3.8) is 0 Å². The molecular formula is C18H36O10. The average molecular weight is 412 g/mol. The monoisotopic (exact) mass is 412 g/mol. The summed E-state index contributed by atoms with van der Waals surface area (Å²) in [5, 5.41) is 17.0. The minimum Gasteiger partial charge on any atom is -0.469 e. The standard InChI is InChI=1S/2C5H10O3.2C4H8O2/c2*1-4(6)3-8-5(2)7;2*1-3-4(5)6-2/h2*4,6H,3H2,1-2H3;2*3H2,1-2H3. The van der Waals surface area contributed by atoms with Gasteiger partial charge in [-0.05, 0) is 13.8 Å². The highest BCUT2D eigenvalue weighted by atomic mass is 16.5. The first-order valence-corrected chi connectivity index (χ1v) is 8.64. The lowest BCUT2D eigenvalue weighted by atomic mass is 10.4. The van der Waals surface area contributed by atoms with Gasteiger partial charge in [0.2, 0.25) is 0 Å². The van der Waals surface area contributed by atoms with Gasteiger partial charge < -0.3 is 29.2 Å². The van der Waals surface area contributed by atoms with Gasteiger partial charge in [0.1, 0.15) is 13.2 Å². The number of aliphatic hydroxyl groups excluding tert-OH is 2. The molecule has 0 aromatic carbocycles. The summed E-state index contributed by atoms with van der Waals surface area (Å²) in [6.07, 6.45) is -0.176. The van der Waals surface area contributed by atoms with Crippen molar-refractivity contribution < 1.29 is 48.3 Å². The van der Waals surface area contributed by atoms with Crippen LogP contribution >= 0.6 is 0 Å². The van der Waals surface area contributed by atoms with E-state index in [9.17, 15) is 19.2 Å². The molecule has 0 aromatic heterocycles. The van der Waals surface area contributed by atoms with Crippen LogP contribution in [-0.4, -0.2) is 73.7 Å². The van der Waals surface area contributed by atoms with E-state index in [0.717, 1.165) is 0 Å². The number of ether oxygens (including phenoxy) is 4. The molecule has 10 nitrogen and oxygen atoms in total. The molecule has 0 saturated carbocycles. The Labute approximate surface area is 167 Å². The van der Waals surface area contributed by atoms with Crippen LogP contribution in [0.25, 0.3) is 0 Å². The van der Waals surface area contributed by atoms with Crippen molar-refractivity contribution in [1.82, 2.24) is 0 Å². The Hall–Kier alpha value is -2.20. The van der Waals surface area contributed by atoms with E-state index in [-0.39, 0.29) is 37.1 Å². The lowest BCUT2D eigenvalue weighted by Gasteiger charge is -2.01. The molecule has 0 fully saturated rings. The summed E-state index contributed by atoms with van der Waals surface area (Å²) in [6, 6.07) is 0. The first-order chi connectivity index (χ1) is 12.9. The molecule has 0 rings (SSSR count). The maximum atomic E-state index is 10.0. The maximum Gasteiger partial charge on any atom is 0.305 e.